The smallest absolute Gasteiger partial charge is 0.355 e. The van der Waals surface area contributed by atoms with E-state index in [-0.39, 0.29) is 37.6 Å². The molecule has 1 aromatic carbocycles. The summed E-state index contributed by atoms with van der Waals surface area (Å²) in [6.45, 7) is 3.83. The maximum absolute atomic E-state index is 14.0. The number of amides is 1. The molecule has 2 aromatic rings. The van der Waals surface area contributed by atoms with Crippen molar-refractivity contribution in [1.29, 1.82) is 0 Å². The number of hydrogen-bond acceptors (Lipinski definition) is 4. The zero-order chi connectivity index (χ0) is 26.7. The van der Waals surface area contributed by atoms with Crippen LogP contribution in [0.2, 0.25) is 5.02 Å². The lowest BCUT2D eigenvalue weighted by Crippen LogP contribution is -2.43. The molecule has 1 fully saturated rings. The number of ketones is 1. The molecule has 3 rings (SSSR count). The van der Waals surface area contributed by atoms with E-state index < -0.39 is 23.4 Å². The second-order valence-corrected chi connectivity index (χ2v) is 10.3. The van der Waals surface area contributed by atoms with Gasteiger partial charge in [-0.3, -0.25) is 14.6 Å². The van der Waals surface area contributed by atoms with E-state index in [4.69, 9.17) is 11.6 Å². The van der Waals surface area contributed by atoms with Gasteiger partial charge < -0.3 is 10.2 Å². The Bertz CT molecular complexity index is 1100. The molecule has 1 aliphatic rings. The lowest BCUT2D eigenvalue weighted by molar-refractivity contribution is -0.195. The number of likely N-dealkylation sites (N-methyl/N-ethyl adjacent to an activating group) is 1. The Morgan fingerprint density at radius 3 is 2.42 bits per heavy atom. The molecule has 0 bridgehead atoms. The van der Waals surface area contributed by atoms with Crippen LogP contribution in [0.3, 0.4) is 0 Å². The van der Waals surface area contributed by atoms with Crippen LogP contribution in [0.1, 0.15) is 65.7 Å². The number of carbonyl (C=O) groups is 2. The number of benzene rings is 1. The number of nitrogens with zero attached hydrogens (tertiary/aromatic N) is 2. The van der Waals surface area contributed by atoms with Gasteiger partial charge in [0.1, 0.15) is 0 Å². The van der Waals surface area contributed by atoms with E-state index in [2.05, 4.69) is 10.3 Å². The van der Waals surface area contributed by atoms with Crippen LogP contribution in [-0.2, 0) is 11.2 Å². The van der Waals surface area contributed by atoms with E-state index in [9.17, 15) is 22.8 Å². The molecule has 0 saturated heterocycles. The largest absolute Gasteiger partial charge is 0.395 e. The van der Waals surface area contributed by atoms with Crippen LogP contribution in [-0.4, -0.2) is 54.4 Å². The molecule has 0 radical (unpaired) electrons. The molecule has 196 valence electrons. The summed E-state index contributed by atoms with van der Waals surface area (Å²) >= 11 is 6.42. The third-order valence-corrected chi connectivity index (χ3v) is 7.47. The number of aryl methyl sites for hydroxylation is 1. The highest BCUT2D eigenvalue weighted by molar-refractivity contribution is 6.31. The topological polar surface area (TPSA) is 62.3 Å². The third-order valence-electron chi connectivity index (χ3n) is 7.12. The van der Waals surface area contributed by atoms with Crippen molar-refractivity contribution in [3.63, 3.8) is 0 Å². The van der Waals surface area contributed by atoms with E-state index in [1.807, 2.05) is 25.1 Å². The Morgan fingerprint density at radius 2 is 1.89 bits per heavy atom. The number of carbonyl (C=O) groups excluding carboxylic acids is 2. The molecule has 5 nitrogen and oxygen atoms in total. The van der Waals surface area contributed by atoms with Crippen molar-refractivity contribution in [2.45, 2.75) is 64.1 Å². The van der Waals surface area contributed by atoms with Crippen molar-refractivity contribution in [2.75, 3.05) is 20.6 Å². The van der Waals surface area contributed by atoms with Crippen molar-refractivity contribution < 1.29 is 22.8 Å². The number of hydrogen-bond donors (Lipinski definition) is 1. The average Bonchev–Trinajstić information content (AvgIpc) is 3.62. The molecule has 1 heterocycles. The molecular formula is C27H33ClF3N3O2. The summed E-state index contributed by atoms with van der Waals surface area (Å²) in [5.74, 6) is -1.47. The van der Waals surface area contributed by atoms with Crippen molar-refractivity contribution >= 4 is 23.3 Å². The molecule has 1 unspecified atom stereocenters. The Balaban J connectivity index is 1.71. The molecule has 36 heavy (non-hydrogen) atoms. The van der Waals surface area contributed by atoms with Gasteiger partial charge in [0.2, 0.25) is 5.91 Å². The SMILES string of the molecule is CCC(=O)c1ccc(C[C@@H](CNC(=O)CC(c2cc(C)ccn2)C2(C(F)(F)F)CC2)N(C)C)c(Cl)c1. The molecule has 0 aliphatic heterocycles. The van der Waals surface area contributed by atoms with Gasteiger partial charge in [-0.15, -0.1) is 0 Å². The van der Waals surface area contributed by atoms with Gasteiger partial charge in [0.25, 0.3) is 0 Å². The van der Waals surface area contributed by atoms with E-state index in [0.717, 1.165) is 11.1 Å². The number of rotatable bonds is 11. The van der Waals surface area contributed by atoms with Crippen molar-refractivity contribution in [2.24, 2.45) is 5.41 Å². The van der Waals surface area contributed by atoms with Crippen LogP contribution in [0, 0.1) is 12.3 Å². The van der Waals surface area contributed by atoms with Gasteiger partial charge >= 0.3 is 6.18 Å². The predicted molar refractivity (Wildman–Crippen MR) is 134 cm³/mol. The number of Topliss-reactive ketones (excluding diaryl/α,β-unsaturated/α-hetero) is 1. The summed E-state index contributed by atoms with van der Waals surface area (Å²) < 4.78 is 42.0. The summed E-state index contributed by atoms with van der Waals surface area (Å²) in [6, 6.07) is 8.42. The fourth-order valence-corrected chi connectivity index (χ4v) is 4.83. The molecule has 1 amide bonds. The Morgan fingerprint density at radius 1 is 1.19 bits per heavy atom. The molecule has 9 heteroatoms. The first kappa shape index (κ1) is 28.1. The van der Waals surface area contributed by atoms with E-state index in [1.54, 1.807) is 38.1 Å². The Labute approximate surface area is 215 Å². The third kappa shape index (κ3) is 6.45. The van der Waals surface area contributed by atoms with Gasteiger partial charge in [0.15, 0.2) is 5.78 Å². The molecular weight excluding hydrogens is 491 g/mol. The van der Waals surface area contributed by atoms with E-state index in [1.165, 1.54) is 6.20 Å². The predicted octanol–water partition coefficient (Wildman–Crippen LogP) is 5.74. The fourth-order valence-electron chi connectivity index (χ4n) is 4.57. The van der Waals surface area contributed by atoms with Gasteiger partial charge in [-0.2, -0.15) is 13.2 Å². The molecule has 1 saturated carbocycles. The highest BCUT2D eigenvalue weighted by Gasteiger charge is 2.67. The average molecular weight is 524 g/mol. The minimum atomic E-state index is -4.41. The molecule has 1 N–H and O–H groups in total. The van der Waals surface area contributed by atoms with Gasteiger partial charge in [-0.25, -0.2) is 0 Å². The zero-order valence-electron chi connectivity index (χ0n) is 21.1. The van der Waals surface area contributed by atoms with Crippen LogP contribution in [0.25, 0.3) is 0 Å². The van der Waals surface area contributed by atoms with E-state index in [0.29, 0.717) is 29.1 Å². The monoisotopic (exact) mass is 523 g/mol. The molecule has 0 spiro atoms. The molecule has 2 atom stereocenters. The van der Waals surface area contributed by atoms with Crippen molar-refractivity contribution in [1.82, 2.24) is 15.2 Å². The minimum Gasteiger partial charge on any atom is -0.355 e. The summed E-state index contributed by atoms with van der Waals surface area (Å²) in [4.78, 5) is 31.0. The second kappa shape index (κ2) is 11.3. The van der Waals surface area contributed by atoms with Crippen molar-refractivity contribution in [3.05, 3.63) is 63.9 Å². The zero-order valence-corrected chi connectivity index (χ0v) is 21.8. The number of halogens is 4. The highest BCUT2D eigenvalue weighted by atomic mass is 35.5. The first-order valence-electron chi connectivity index (χ1n) is 12.1. The minimum absolute atomic E-state index is 0.000576. The Kier molecular flexibility index (Phi) is 8.83. The second-order valence-electron chi connectivity index (χ2n) is 9.88. The molecule has 1 aromatic heterocycles. The standard InChI is InChI=1S/C27H33ClF3N3O2/c1-5-24(35)19-7-6-18(22(28)14-19)13-20(34(3)4)16-33-25(36)15-21(23-12-17(2)8-11-32-23)26(9-10-26)27(29,30)31/h6-8,11-12,14,20-21H,5,9-10,13,15-16H2,1-4H3,(H,33,36)/t20-,21?/m0/s1. The Hall–Kier alpha value is -2.45. The number of pyridine rings is 1. The van der Waals surface area contributed by atoms with Gasteiger partial charge in [-0.05, 0) is 69.6 Å². The summed E-state index contributed by atoms with van der Waals surface area (Å²) in [7, 11) is 3.73. The van der Waals surface area contributed by atoms with Gasteiger partial charge in [-0.1, -0.05) is 30.7 Å². The quantitative estimate of drug-likeness (QED) is 0.381. The normalized spacial score (nSPS) is 16.5. The summed E-state index contributed by atoms with van der Waals surface area (Å²) in [5, 5.41) is 3.31. The first-order valence-corrected chi connectivity index (χ1v) is 12.5. The number of aromatic nitrogens is 1. The number of nitrogens with one attached hydrogen (secondary N) is 1. The fraction of sp³-hybridized carbons (Fsp3) is 0.519. The highest BCUT2D eigenvalue weighted by Crippen LogP contribution is 2.65. The van der Waals surface area contributed by atoms with Crippen LogP contribution < -0.4 is 5.32 Å². The lowest BCUT2D eigenvalue weighted by atomic mass is 9.82. The van der Waals surface area contributed by atoms with Gasteiger partial charge in [0, 0.05) is 53.8 Å². The molecule has 1 aliphatic carbocycles. The first-order chi connectivity index (χ1) is 16.9. The van der Waals surface area contributed by atoms with E-state index >= 15 is 0 Å². The van der Waals surface area contributed by atoms with Crippen molar-refractivity contribution in [3.8, 4) is 0 Å². The van der Waals surface area contributed by atoms with Crippen LogP contribution in [0.4, 0.5) is 13.2 Å². The van der Waals surface area contributed by atoms with Crippen LogP contribution in [0.15, 0.2) is 36.5 Å². The maximum atomic E-state index is 14.0. The maximum Gasteiger partial charge on any atom is 0.395 e. The van der Waals surface area contributed by atoms with Gasteiger partial charge in [0.05, 0.1) is 5.41 Å². The lowest BCUT2D eigenvalue weighted by Gasteiger charge is -2.29. The summed E-state index contributed by atoms with van der Waals surface area (Å²) in [6.07, 6.45) is -2.31. The van der Waals surface area contributed by atoms with Crippen LogP contribution >= 0.6 is 11.6 Å². The summed E-state index contributed by atoms with van der Waals surface area (Å²) in [5.41, 5.74) is 0.581. The number of alkyl halides is 3. The van der Waals surface area contributed by atoms with Crippen LogP contribution in [0.5, 0.6) is 0 Å².